The van der Waals surface area contributed by atoms with E-state index in [2.05, 4.69) is 0 Å². The normalized spacial score (nSPS) is 24.8. The molecule has 0 radical (unpaired) electrons. The van der Waals surface area contributed by atoms with E-state index < -0.39 is 20.6 Å². The molecule has 0 N–H and O–H groups in total. The van der Waals surface area contributed by atoms with Crippen molar-refractivity contribution < 1.29 is 12.3 Å². The van der Waals surface area contributed by atoms with Crippen LogP contribution in [0.1, 0.15) is 45.7 Å². The molecule has 1 aromatic rings. The molecule has 12 heavy (non-hydrogen) atoms. The maximum absolute atomic E-state index is 7.59. The first-order chi connectivity index (χ1) is 9.10. The van der Waals surface area contributed by atoms with E-state index in [9.17, 15) is 0 Å². The monoisotopic (exact) mass is 171 g/mol. The fraction of sp³-hybridized carbons (Fsp3) is 0.500. The van der Waals surface area contributed by atoms with E-state index in [1.54, 1.807) is 0 Å². The lowest BCUT2D eigenvalue weighted by Crippen LogP contribution is -1.98. The standard InChI is InChI=1S/C12H18/c1-7-8(2)10(4)12(6)11(5)9(7)3/h1-6H3/i1D3,4D3,5D3. The molecular formula is C12H18. The van der Waals surface area contributed by atoms with Crippen LogP contribution in [0.5, 0.6) is 0 Å². The van der Waals surface area contributed by atoms with E-state index in [1.807, 2.05) is 0 Å². The molecule has 1 aromatic carbocycles. The first-order valence-corrected chi connectivity index (χ1v) is 3.75. The van der Waals surface area contributed by atoms with Gasteiger partial charge in [-0.15, -0.1) is 0 Å². The molecule has 0 aliphatic heterocycles. The minimum Gasteiger partial charge on any atom is -0.0447 e. The lowest BCUT2D eigenvalue weighted by atomic mass is 9.90. The van der Waals surface area contributed by atoms with Crippen LogP contribution >= 0.6 is 0 Å². The van der Waals surface area contributed by atoms with Gasteiger partial charge >= 0.3 is 0 Å². The Kier molecular flexibility index (Phi) is 0.700. The summed E-state index contributed by atoms with van der Waals surface area (Å²) in [4.78, 5) is 0. The Morgan fingerprint density at radius 2 is 0.833 bits per heavy atom. The summed E-state index contributed by atoms with van der Waals surface area (Å²) < 4.78 is 68.3. The van der Waals surface area contributed by atoms with Gasteiger partial charge in [-0.1, -0.05) is 0 Å². The van der Waals surface area contributed by atoms with Gasteiger partial charge in [0.15, 0.2) is 0 Å². The summed E-state index contributed by atoms with van der Waals surface area (Å²) in [5, 5.41) is 0. The van der Waals surface area contributed by atoms with Gasteiger partial charge in [0.2, 0.25) is 0 Å². The van der Waals surface area contributed by atoms with Gasteiger partial charge in [0, 0.05) is 12.3 Å². The lowest BCUT2D eigenvalue weighted by molar-refractivity contribution is 1.13. The molecule has 0 amide bonds. The second kappa shape index (κ2) is 2.93. The van der Waals surface area contributed by atoms with Crippen molar-refractivity contribution in [3.05, 3.63) is 33.4 Å². The van der Waals surface area contributed by atoms with Crippen LogP contribution in [-0.4, -0.2) is 0 Å². The summed E-state index contributed by atoms with van der Waals surface area (Å²) in [7, 11) is 0. The van der Waals surface area contributed by atoms with Crippen molar-refractivity contribution in [1.29, 1.82) is 0 Å². The number of hydrogen-bond donors (Lipinski definition) is 0. The summed E-state index contributed by atoms with van der Waals surface area (Å²) in [6.07, 6.45) is 0. The second-order valence-corrected chi connectivity index (χ2v) is 3.00. The van der Waals surface area contributed by atoms with Crippen LogP contribution in [0.15, 0.2) is 0 Å². The van der Waals surface area contributed by atoms with Crippen LogP contribution in [0.2, 0.25) is 0 Å². The molecule has 0 aromatic heterocycles. The Morgan fingerprint density at radius 1 is 0.583 bits per heavy atom. The third-order valence-corrected chi connectivity index (χ3v) is 2.25. The first-order valence-electron chi connectivity index (χ1n) is 8.25. The Hall–Kier alpha value is -0.780. The van der Waals surface area contributed by atoms with Gasteiger partial charge in [-0.25, -0.2) is 0 Å². The topological polar surface area (TPSA) is 0 Å². The van der Waals surface area contributed by atoms with Crippen molar-refractivity contribution in [3.63, 3.8) is 0 Å². The average Bonchev–Trinajstić information content (AvgIpc) is 2.07. The molecular weight excluding hydrogens is 144 g/mol. The van der Waals surface area contributed by atoms with Gasteiger partial charge in [-0.2, -0.15) is 0 Å². The Morgan fingerprint density at radius 3 is 1.00 bits per heavy atom. The summed E-state index contributed by atoms with van der Waals surface area (Å²) in [6, 6.07) is 0. The van der Waals surface area contributed by atoms with Crippen LogP contribution < -0.4 is 0 Å². The van der Waals surface area contributed by atoms with Crippen molar-refractivity contribution in [3.8, 4) is 0 Å². The highest BCUT2D eigenvalue weighted by Crippen LogP contribution is 2.24. The third-order valence-electron chi connectivity index (χ3n) is 2.25. The molecule has 0 fully saturated rings. The van der Waals surface area contributed by atoms with Crippen LogP contribution in [0.25, 0.3) is 0 Å². The molecule has 1 rings (SSSR count). The lowest BCUT2D eigenvalue weighted by Gasteiger charge is -2.15. The van der Waals surface area contributed by atoms with Gasteiger partial charge in [0.05, 0.1) is 0 Å². The van der Waals surface area contributed by atoms with Crippen molar-refractivity contribution in [2.45, 2.75) is 41.3 Å². The highest BCUT2D eigenvalue weighted by atomic mass is 14.1. The summed E-state index contributed by atoms with van der Waals surface area (Å²) in [5.41, 5.74) is -0.157. The average molecular weight is 171 g/mol. The quantitative estimate of drug-likeness (QED) is 0.560. The number of rotatable bonds is 0. The van der Waals surface area contributed by atoms with Crippen molar-refractivity contribution in [1.82, 2.24) is 0 Å². The van der Waals surface area contributed by atoms with Gasteiger partial charge in [0.1, 0.15) is 0 Å². The van der Waals surface area contributed by atoms with Crippen molar-refractivity contribution >= 4 is 0 Å². The molecule has 0 unspecified atom stereocenters. The zero-order valence-electron chi connectivity index (χ0n) is 16.5. The largest absolute Gasteiger partial charge is 0.0447 e. The van der Waals surface area contributed by atoms with E-state index in [-0.39, 0.29) is 33.4 Å². The Balaban J connectivity index is 4.04. The van der Waals surface area contributed by atoms with Gasteiger partial charge < -0.3 is 0 Å². The molecule has 0 aliphatic carbocycles. The second-order valence-electron chi connectivity index (χ2n) is 3.00. The van der Waals surface area contributed by atoms with E-state index in [0.29, 0.717) is 0 Å². The van der Waals surface area contributed by atoms with E-state index in [4.69, 9.17) is 12.3 Å². The molecule has 66 valence electrons. The Labute approximate surface area is 88.3 Å². The van der Waals surface area contributed by atoms with Crippen LogP contribution in [-0.2, 0) is 0 Å². The zero-order valence-corrected chi connectivity index (χ0v) is 7.50. The van der Waals surface area contributed by atoms with Crippen molar-refractivity contribution in [2.75, 3.05) is 0 Å². The zero-order chi connectivity index (χ0) is 17.0. The molecule has 0 bridgehead atoms. The number of benzene rings is 1. The SMILES string of the molecule is [2H]C([2H])([2H])c1c(C)c(C([2H])([2H])[2H])c(C)c(C([2H])([2H])[2H])c1C. The van der Waals surface area contributed by atoms with Crippen LogP contribution in [0.3, 0.4) is 0 Å². The maximum Gasteiger partial charge on any atom is 0.0280 e. The van der Waals surface area contributed by atoms with Crippen molar-refractivity contribution in [2.24, 2.45) is 0 Å². The first kappa shape index (κ1) is 2.87. The van der Waals surface area contributed by atoms with Gasteiger partial charge in [-0.05, 0) is 74.7 Å². The summed E-state index contributed by atoms with van der Waals surface area (Å²) >= 11 is 0. The maximum atomic E-state index is 7.59. The molecule has 0 nitrogen and oxygen atoms in total. The van der Waals surface area contributed by atoms with Crippen LogP contribution in [0, 0.1) is 41.3 Å². The molecule has 0 aliphatic rings. The smallest absolute Gasteiger partial charge is 0.0280 e. The fourth-order valence-electron chi connectivity index (χ4n) is 1.22. The molecule has 0 heterocycles. The molecule has 0 heteroatoms. The highest BCUT2D eigenvalue weighted by Gasteiger charge is 2.07. The molecule has 0 saturated heterocycles. The fourth-order valence-corrected chi connectivity index (χ4v) is 1.22. The summed E-state index contributed by atoms with van der Waals surface area (Å²) in [5.74, 6) is 0. The minimum absolute atomic E-state index is 0.123. The number of hydrogen-bond acceptors (Lipinski definition) is 0. The highest BCUT2D eigenvalue weighted by molar-refractivity contribution is 5.48. The molecule has 0 atom stereocenters. The predicted molar refractivity (Wildman–Crippen MR) is 54.9 cm³/mol. The van der Waals surface area contributed by atoms with E-state index in [0.717, 1.165) is 0 Å². The minimum atomic E-state index is -2.57. The van der Waals surface area contributed by atoms with Gasteiger partial charge in [0.25, 0.3) is 0 Å². The Bertz CT molecular complexity index is 456. The third kappa shape index (κ3) is 1.16. The predicted octanol–water partition coefficient (Wildman–Crippen LogP) is 3.54. The van der Waals surface area contributed by atoms with E-state index in [1.165, 1.54) is 20.8 Å². The summed E-state index contributed by atoms with van der Waals surface area (Å²) in [6.45, 7) is -3.43. The van der Waals surface area contributed by atoms with E-state index >= 15 is 0 Å². The van der Waals surface area contributed by atoms with Crippen LogP contribution in [0.4, 0.5) is 0 Å². The van der Waals surface area contributed by atoms with Gasteiger partial charge in [-0.3, -0.25) is 0 Å². The molecule has 0 spiro atoms. The molecule has 0 saturated carbocycles.